The molecule has 1 atom stereocenters. The SMILES string of the molecule is Cc1nc(Nc2cccc(Br)c2)cc(NC2CCS(=O)(=O)C2)n1. The van der Waals surface area contributed by atoms with Crippen molar-refractivity contribution in [2.45, 2.75) is 19.4 Å². The Hall–Kier alpha value is -1.67. The molecule has 1 aromatic heterocycles. The van der Waals surface area contributed by atoms with Gasteiger partial charge in [-0.05, 0) is 31.5 Å². The quantitative estimate of drug-likeness (QED) is 0.826. The predicted octanol–water partition coefficient (Wildman–Crippen LogP) is 2.89. The molecule has 0 saturated carbocycles. The van der Waals surface area contributed by atoms with Crippen LogP contribution in [0.3, 0.4) is 0 Å². The van der Waals surface area contributed by atoms with Gasteiger partial charge < -0.3 is 10.6 Å². The zero-order valence-electron chi connectivity index (χ0n) is 12.6. The van der Waals surface area contributed by atoms with E-state index in [2.05, 4.69) is 36.5 Å². The molecule has 1 saturated heterocycles. The Morgan fingerprint density at radius 3 is 2.70 bits per heavy atom. The van der Waals surface area contributed by atoms with Crippen molar-refractivity contribution in [3.63, 3.8) is 0 Å². The van der Waals surface area contributed by atoms with Gasteiger partial charge in [-0.15, -0.1) is 0 Å². The lowest BCUT2D eigenvalue weighted by molar-refractivity contribution is 0.602. The fourth-order valence-corrected chi connectivity index (χ4v) is 4.61. The molecule has 1 aliphatic rings. The van der Waals surface area contributed by atoms with Gasteiger partial charge in [0.2, 0.25) is 0 Å². The fraction of sp³-hybridized carbons (Fsp3) is 0.333. The lowest BCUT2D eigenvalue weighted by atomic mass is 10.2. The number of hydrogen-bond donors (Lipinski definition) is 2. The molecule has 122 valence electrons. The van der Waals surface area contributed by atoms with Crippen LogP contribution < -0.4 is 10.6 Å². The van der Waals surface area contributed by atoms with Gasteiger partial charge in [-0.3, -0.25) is 0 Å². The third kappa shape index (κ3) is 4.42. The van der Waals surface area contributed by atoms with Gasteiger partial charge in [0, 0.05) is 22.3 Å². The molecule has 2 heterocycles. The van der Waals surface area contributed by atoms with Crippen LogP contribution in [-0.4, -0.2) is 35.9 Å². The maximum atomic E-state index is 11.5. The second kappa shape index (κ2) is 6.45. The first-order chi connectivity index (χ1) is 10.9. The second-order valence-corrected chi connectivity index (χ2v) is 8.71. The molecule has 0 radical (unpaired) electrons. The van der Waals surface area contributed by atoms with Crippen molar-refractivity contribution < 1.29 is 8.42 Å². The first-order valence-corrected chi connectivity index (χ1v) is 9.86. The van der Waals surface area contributed by atoms with E-state index >= 15 is 0 Å². The van der Waals surface area contributed by atoms with Crippen molar-refractivity contribution in [3.05, 3.63) is 40.6 Å². The molecular formula is C15H17BrN4O2S. The molecule has 0 amide bonds. The van der Waals surface area contributed by atoms with E-state index in [9.17, 15) is 8.42 Å². The average molecular weight is 397 g/mol. The molecule has 8 heteroatoms. The first-order valence-electron chi connectivity index (χ1n) is 7.25. The molecule has 1 fully saturated rings. The summed E-state index contributed by atoms with van der Waals surface area (Å²) in [7, 11) is -2.92. The Bertz CT molecular complexity index is 826. The van der Waals surface area contributed by atoms with Crippen molar-refractivity contribution >= 4 is 43.1 Å². The third-order valence-electron chi connectivity index (χ3n) is 3.52. The molecule has 0 aliphatic carbocycles. The highest BCUT2D eigenvalue weighted by Gasteiger charge is 2.28. The van der Waals surface area contributed by atoms with Gasteiger partial charge in [-0.1, -0.05) is 22.0 Å². The summed E-state index contributed by atoms with van der Waals surface area (Å²) in [5, 5.41) is 6.42. The van der Waals surface area contributed by atoms with Gasteiger partial charge in [0.05, 0.1) is 11.5 Å². The van der Waals surface area contributed by atoms with Crippen LogP contribution in [0.4, 0.5) is 17.3 Å². The highest BCUT2D eigenvalue weighted by molar-refractivity contribution is 9.10. The van der Waals surface area contributed by atoms with E-state index < -0.39 is 9.84 Å². The number of rotatable bonds is 4. The number of sulfone groups is 1. The van der Waals surface area contributed by atoms with Crippen molar-refractivity contribution in [2.24, 2.45) is 0 Å². The number of nitrogens with zero attached hydrogens (tertiary/aromatic N) is 2. The lowest BCUT2D eigenvalue weighted by Gasteiger charge is -2.14. The average Bonchev–Trinajstić information content (AvgIpc) is 2.77. The van der Waals surface area contributed by atoms with Gasteiger partial charge in [-0.25, -0.2) is 18.4 Å². The summed E-state index contributed by atoms with van der Waals surface area (Å²) in [5.74, 6) is 2.31. The first kappa shape index (κ1) is 16.2. The van der Waals surface area contributed by atoms with Crippen molar-refractivity contribution in [2.75, 3.05) is 22.1 Å². The summed E-state index contributed by atoms with van der Waals surface area (Å²) in [4.78, 5) is 8.70. The Labute approximate surface area is 143 Å². The molecule has 2 aromatic rings. The zero-order valence-corrected chi connectivity index (χ0v) is 15.0. The van der Waals surface area contributed by atoms with E-state index in [1.807, 2.05) is 31.2 Å². The highest BCUT2D eigenvalue weighted by Crippen LogP contribution is 2.22. The van der Waals surface area contributed by atoms with E-state index in [1.165, 1.54) is 0 Å². The Morgan fingerprint density at radius 1 is 1.22 bits per heavy atom. The normalized spacial score (nSPS) is 19.5. The highest BCUT2D eigenvalue weighted by atomic mass is 79.9. The molecule has 0 bridgehead atoms. The predicted molar refractivity (Wildman–Crippen MR) is 94.9 cm³/mol. The van der Waals surface area contributed by atoms with E-state index in [4.69, 9.17) is 0 Å². The number of hydrogen-bond acceptors (Lipinski definition) is 6. The molecule has 1 unspecified atom stereocenters. The lowest BCUT2D eigenvalue weighted by Crippen LogP contribution is -2.21. The van der Waals surface area contributed by atoms with Crippen molar-refractivity contribution in [1.82, 2.24) is 9.97 Å². The molecule has 2 N–H and O–H groups in total. The zero-order chi connectivity index (χ0) is 16.4. The Kier molecular flexibility index (Phi) is 4.54. The number of anilines is 3. The van der Waals surface area contributed by atoms with Crippen LogP contribution in [0.1, 0.15) is 12.2 Å². The fourth-order valence-electron chi connectivity index (χ4n) is 2.54. The number of aryl methyl sites for hydroxylation is 1. The summed E-state index contributed by atoms with van der Waals surface area (Å²) in [6.07, 6.45) is 0.611. The van der Waals surface area contributed by atoms with E-state index in [1.54, 1.807) is 6.07 Å². The topological polar surface area (TPSA) is 84.0 Å². The van der Waals surface area contributed by atoms with Crippen LogP contribution in [0.15, 0.2) is 34.8 Å². The summed E-state index contributed by atoms with van der Waals surface area (Å²) in [6.45, 7) is 1.81. The maximum Gasteiger partial charge on any atom is 0.152 e. The largest absolute Gasteiger partial charge is 0.366 e. The molecular weight excluding hydrogens is 380 g/mol. The van der Waals surface area contributed by atoms with E-state index in [0.29, 0.717) is 23.9 Å². The molecule has 3 rings (SSSR count). The number of nitrogens with one attached hydrogen (secondary N) is 2. The van der Waals surface area contributed by atoms with Crippen molar-refractivity contribution in [1.29, 1.82) is 0 Å². The van der Waals surface area contributed by atoms with E-state index in [0.717, 1.165) is 10.2 Å². The van der Waals surface area contributed by atoms with Crippen LogP contribution in [0.2, 0.25) is 0 Å². The van der Waals surface area contributed by atoms with Crippen LogP contribution in [0, 0.1) is 6.92 Å². The Balaban J connectivity index is 1.76. The van der Waals surface area contributed by atoms with Crippen LogP contribution in [-0.2, 0) is 9.84 Å². The van der Waals surface area contributed by atoms with Gasteiger partial charge >= 0.3 is 0 Å². The van der Waals surface area contributed by atoms with Crippen LogP contribution >= 0.6 is 15.9 Å². The Morgan fingerprint density at radius 2 is 2.00 bits per heavy atom. The van der Waals surface area contributed by atoms with Crippen LogP contribution in [0.5, 0.6) is 0 Å². The minimum absolute atomic E-state index is 0.0898. The van der Waals surface area contributed by atoms with Gasteiger partial charge in [-0.2, -0.15) is 0 Å². The standard InChI is InChI=1S/C15H17BrN4O2S/c1-10-17-14(19-12-4-2-3-11(16)7-12)8-15(18-10)20-13-5-6-23(21,22)9-13/h2-4,7-8,13H,5-6,9H2,1H3,(H2,17,18,19,20). The second-order valence-electron chi connectivity index (χ2n) is 5.57. The van der Waals surface area contributed by atoms with Gasteiger partial charge in [0.1, 0.15) is 17.5 Å². The maximum absolute atomic E-state index is 11.5. The molecule has 6 nitrogen and oxygen atoms in total. The molecule has 0 spiro atoms. The monoisotopic (exact) mass is 396 g/mol. The minimum Gasteiger partial charge on any atom is -0.366 e. The molecule has 23 heavy (non-hydrogen) atoms. The molecule has 1 aliphatic heterocycles. The summed E-state index contributed by atoms with van der Waals surface area (Å²) >= 11 is 3.43. The molecule has 1 aromatic carbocycles. The number of halogens is 1. The third-order valence-corrected chi connectivity index (χ3v) is 5.78. The summed E-state index contributed by atoms with van der Waals surface area (Å²) in [5.41, 5.74) is 0.909. The van der Waals surface area contributed by atoms with Gasteiger partial charge in [0.15, 0.2) is 9.84 Å². The number of aromatic nitrogens is 2. The number of benzene rings is 1. The van der Waals surface area contributed by atoms with Gasteiger partial charge in [0.25, 0.3) is 0 Å². The van der Waals surface area contributed by atoms with E-state index in [-0.39, 0.29) is 17.5 Å². The van der Waals surface area contributed by atoms with Crippen LogP contribution in [0.25, 0.3) is 0 Å². The summed E-state index contributed by atoms with van der Waals surface area (Å²) < 4.78 is 24.1. The van der Waals surface area contributed by atoms with Crippen molar-refractivity contribution in [3.8, 4) is 0 Å². The smallest absolute Gasteiger partial charge is 0.152 e. The minimum atomic E-state index is -2.92. The summed E-state index contributed by atoms with van der Waals surface area (Å²) in [6, 6.07) is 9.48.